The molecule has 0 unspecified atom stereocenters. The summed E-state index contributed by atoms with van der Waals surface area (Å²) in [5.74, 6) is 0.791. The molecule has 0 spiro atoms. The molecule has 1 atom stereocenters. The average molecular weight is 588 g/mol. The maximum absolute atomic E-state index is 13.7. The molecule has 0 fully saturated rings. The summed E-state index contributed by atoms with van der Waals surface area (Å²) in [6.07, 6.45) is 0.361. The lowest BCUT2D eigenvalue weighted by Gasteiger charge is -2.32. The molecule has 0 radical (unpaired) electrons. The highest BCUT2D eigenvalue weighted by Crippen LogP contribution is 2.28. The molecule has 0 aromatic heterocycles. The number of carbonyl (C=O) groups excluding carboxylic acids is 2. The lowest BCUT2D eigenvalue weighted by Crippen LogP contribution is -2.52. The fraction of sp³-hybridized carbons (Fsp3) is 0.310. The van der Waals surface area contributed by atoms with Crippen molar-refractivity contribution in [3.05, 3.63) is 93.4 Å². The van der Waals surface area contributed by atoms with Crippen molar-refractivity contribution < 1.29 is 19.1 Å². The molecular formula is C29H32BrClN2O4. The first-order valence-corrected chi connectivity index (χ1v) is 13.3. The van der Waals surface area contributed by atoms with Crippen LogP contribution in [0.1, 0.15) is 25.0 Å². The van der Waals surface area contributed by atoms with E-state index in [0.29, 0.717) is 29.5 Å². The predicted octanol–water partition coefficient (Wildman–Crippen LogP) is 5.90. The van der Waals surface area contributed by atoms with E-state index < -0.39 is 6.04 Å². The van der Waals surface area contributed by atoms with Crippen molar-refractivity contribution in [1.82, 2.24) is 10.2 Å². The van der Waals surface area contributed by atoms with Crippen LogP contribution in [0, 0.1) is 5.92 Å². The SMILES string of the molecule is COc1cccc(CN(C(=O)COc2ccc(Br)cc2Cl)[C@@H](Cc2ccccc2)C(=O)NCC(C)C)c1. The second-order valence-electron chi connectivity index (χ2n) is 9.08. The van der Waals surface area contributed by atoms with Crippen molar-refractivity contribution in [2.75, 3.05) is 20.3 Å². The fourth-order valence-corrected chi connectivity index (χ4v) is 4.49. The van der Waals surface area contributed by atoms with E-state index in [1.807, 2.05) is 68.4 Å². The van der Waals surface area contributed by atoms with Crippen LogP contribution in [0.15, 0.2) is 77.3 Å². The molecule has 6 nitrogen and oxygen atoms in total. The van der Waals surface area contributed by atoms with Gasteiger partial charge in [0.2, 0.25) is 5.91 Å². The van der Waals surface area contributed by atoms with E-state index in [-0.39, 0.29) is 30.9 Å². The van der Waals surface area contributed by atoms with Gasteiger partial charge in [-0.25, -0.2) is 0 Å². The summed E-state index contributed by atoms with van der Waals surface area (Å²) in [7, 11) is 1.59. The first kappa shape index (κ1) is 28.5. The molecule has 2 amide bonds. The van der Waals surface area contributed by atoms with E-state index in [0.717, 1.165) is 15.6 Å². The Hall–Kier alpha value is -3.03. The van der Waals surface area contributed by atoms with Crippen LogP contribution in [0.5, 0.6) is 11.5 Å². The third-order valence-electron chi connectivity index (χ3n) is 5.69. The number of ether oxygens (including phenoxy) is 2. The third-order valence-corrected chi connectivity index (χ3v) is 6.48. The number of rotatable bonds is 12. The molecule has 3 rings (SSSR count). The quantitative estimate of drug-likeness (QED) is 0.286. The molecule has 0 saturated heterocycles. The van der Waals surface area contributed by atoms with E-state index in [9.17, 15) is 9.59 Å². The highest BCUT2D eigenvalue weighted by molar-refractivity contribution is 9.10. The monoisotopic (exact) mass is 586 g/mol. The van der Waals surface area contributed by atoms with E-state index >= 15 is 0 Å². The smallest absolute Gasteiger partial charge is 0.261 e. The lowest BCUT2D eigenvalue weighted by molar-refractivity contribution is -0.142. The van der Waals surface area contributed by atoms with E-state index in [1.54, 1.807) is 30.2 Å². The van der Waals surface area contributed by atoms with Gasteiger partial charge in [0, 0.05) is 24.0 Å². The van der Waals surface area contributed by atoms with Gasteiger partial charge >= 0.3 is 0 Å². The van der Waals surface area contributed by atoms with Crippen molar-refractivity contribution in [3.63, 3.8) is 0 Å². The Morgan fingerprint density at radius 3 is 2.41 bits per heavy atom. The number of carbonyl (C=O) groups is 2. The predicted molar refractivity (Wildman–Crippen MR) is 150 cm³/mol. The van der Waals surface area contributed by atoms with E-state index in [2.05, 4.69) is 21.2 Å². The zero-order chi connectivity index (χ0) is 26.8. The Morgan fingerprint density at radius 2 is 1.73 bits per heavy atom. The molecule has 8 heteroatoms. The van der Waals surface area contributed by atoms with Gasteiger partial charge in [0.25, 0.3) is 5.91 Å². The summed E-state index contributed by atoms with van der Waals surface area (Å²) < 4.78 is 12.0. The molecule has 1 N–H and O–H groups in total. The molecule has 0 aliphatic carbocycles. The molecule has 37 heavy (non-hydrogen) atoms. The first-order chi connectivity index (χ1) is 17.8. The van der Waals surface area contributed by atoms with Gasteiger partial charge in [-0.05, 0) is 47.4 Å². The van der Waals surface area contributed by atoms with Crippen LogP contribution in [0.4, 0.5) is 0 Å². The molecule has 3 aromatic carbocycles. The number of nitrogens with zero attached hydrogens (tertiary/aromatic N) is 1. The molecule has 0 aliphatic rings. The van der Waals surface area contributed by atoms with Gasteiger partial charge in [-0.3, -0.25) is 9.59 Å². The maximum Gasteiger partial charge on any atom is 0.261 e. The Kier molecular flexibility index (Phi) is 10.8. The molecule has 3 aromatic rings. The van der Waals surface area contributed by atoms with Crippen LogP contribution in [0.2, 0.25) is 5.02 Å². The van der Waals surface area contributed by atoms with Crippen LogP contribution in [0.3, 0.4) is 0 Å². The van der Waals surface area contributed by atoms with Crippen LogP contribution < -0.4 is 14.8 Å². The number of halogens is 2. The van der Waals surface area contributed by atoms with Gasteiger partial charge in [-0.15, -0.1) is 0 Å². The zero-order valence-electron chi connectivity index (χ0n) is 21.2. The van der Waals surface area contributed by atoms with E-state index in [4.69, 9.17) is 21.1 Å². The number of amides is 2. The minimum absolute atomic E-state index is 0.208. The van der Waals surface area contributed by atoms with Gasteiger partial charge in [-0.2, -0.15) is 0 Å². The van der Waals surface area contributed by atoms with E-state index in [1.165, 1.54) is 0 Å². The Bertz CT molecular complexity index is 1190. The highest BCUT2D eigenvalue weighted by atomic mass is 79.9. The number of hydrogen-bond donors (Lipinski definition) is 1. The Balaban J connectivity index is 1.92. The normalized spacial score (nSPS) is 11.6. The number of nitrogens with one attached hydrogen (secondary N) is 1. The summed E-state index contributed by atoms with van der Waals surface area (Å²) in [6, 6.07) is 21.6. The number of methoxy groups -OCH3 is 1. The van der Waals surface area contributed by atoms with Crippen molar-refractivity contribution >= 4 is 39.3 Å². The first-order valence-electron chi connectivity index (χ1n) is 12.1. The highest BCUT2D eigenvalue weighted by Gasteiger charge is 2.31. The van der Waals surface area contributed by atoms with Crippen molar-refractivity contribution in [3.8, 4) is 11.5 Å². The zero-order valence-corrected chi connectivity index (χ0v) is 23.6. The molecule has 0 bridgehead atoms. The summed E-state index contributed by atoms with van der Waals surface area (Å²) in [4.78, 5) is 28.7. The fourth-order valence-electron chi connectivity index (χ4n) is 3.76. The van der Waals surface area contributed by atoms with Crippen LogP contribution in [-0.2, 0) is 22.6 Å². The third kappa shape index (κ3) is 8.79. The van der Waals surface area contributed by atoms with Gasteiger partial charge in [0.05, 0.1) is 12.1 Å². The summed E-state index contributed by atoms with van der Waals surface area (Å²) in [5, 5.41) is 3.40. The van der Waals surface area contributed by atoms with Gasteiger partial charge < -0.3 is 19.7 Å². The summed E-state index contributed by atoms with van der Waals surface area (Å²) in [6.45, 7) is 4.51. The second kappa shape index (κ2) is 14.1. The Morgan fingerprint density at radius 1 is 1.00 bits per heavy atom. The average Bonchev–Trinajstić information content (AvgIpc) is 2.89. The van der Waals surface area contributed by atoms with Gasteiger partial charge in [0.1, 0.15) is 17.5 Å². The van der Waals surface area contributed by atoms with Crippen LogP contribution in [-0.4, -0.2) is 43.0 Å². The second-order valence-corrected chi connectivity index (χ2v) is 10.4. The van der Waals surface area contributed by atoms with Gasteiger partial charge in [0.15, 0.2) is 6.61 Å². The molecular weight excluding hydrogens is 556 g/mol. The molecule has 0 saturated carbocycles. The van der Waals surface area contributed by atoms with Crippen LogP contribution >= 0.6 is 27.5 Å². The molecule has 0 heterocycles. The minimum atomic E-state index is -0.746. The Labute approximate surface area is 232 Å². The largest absolute Gasteiger partial charge is 0.497 e. The lowest BCUT2D eigenvalue weighted by atomic mass is 10.0. The molecule has 196 valence electrons. The number of benzene rings is 3. The topological polar surface area (TPSA) is 67.9 Å². The standard InChI is InChI=1S/C29H32BrClN2O4/c1-20(2)17-32-29(35)26(15-21-8-5-4-6-9-21)33(18-22-10-7-11-24(14-22)36-3)28(34)19-37-27-13-12-23(30)16-25(27)31/h4-14,16,20,26H,15,17-19H2,1-3H3,(H,32,35)/t26-/m0/s1. The van der Waals surface area contributed by atoms with Gasteiger partial charge in [-0.1, -0.05) is 83.8 Å². The van der Waals surface area contributed by atoms with Crippen molar-refractivity contribution in [1.29, 1.82) is 0 Å². The summed E-state index contributed by atoms with van der Waals surface area (Å²) >= 11 is 9.66. The maximum atomic E-state index is 13.7. The molecule has 0 aliphatic heterocycles. The number of hydrogen-bond acceptors (Lipinski definition) is 4. The van der Waals surface area contributed by atoms with Crippen LogP contribution in [0.25, 0.3) is 0 Å². The van der Waals surface area contributed by atoms with Crippen molar-refractivity contribution in [2.24, 2.45) is 5.92 Å². The summed E-state index contributed by atoms with van der Waals surface area (Å²) in [5.41, 5.74) is 1.79. The minimum Gasteiger partial charge on any atom is -0.497 e. The van der Waals surface area contributed by atoms with Crippen molar-refractivity contribution in [2.45, 2.75) is 32.9 Å².